The van der Waals surface area contributed by atoms with E-state index in [2.05, 4.69) is 27.9 Å². The quantitative estimate of drug-likeness (QED) is 0.151. The van der Waals surface area contributed by atoms with Gasteiger partial charge in [0.05, 0.1) is 10.7 Å². The molecule has 3 aromatic rings. The lowest BCUT2D eigenvalue weighted by atomic mass is 10.1. The number of benzene rings is 3. The van der Waals surface area contributed by atoms with E-state index in [4.69, 9.17) is 8.92 Å². The number of nitrogens with one attached hydrogen (secondary N) is 1. The van der Waals surface area contributed by atoms with Gasteiger partial charge in [0.15, 0.2) is 11.5 Å². The zero-order chi connectivity index (χ0) is 24.9. The third-order valence-electron chi connectivity index (χ3n) is 4.51. The van der Waals surface area contributed by atoms with Gasteiger partial charge in [-0.25, -0.2) is 0 Å². The Kier molecular flexibility index (Phi) is 8.56. The molecule has 1 N–H and O–H groups in total. The standard InChI is InChI=1S/C24H18I2N2O5S/c1-15-6-8-20(9-7-15)34(30,31)33-23-21(26)11-16(12-22(23)32-2)10-17(14-27)24(29)28-19-5-3-4-18(25)13-19/h3-13H,1-2H3,(H,28,29)/b17-10+. The highest BCUT2D eigenvalue weighted by Gasteiger charge is 2.22. The van der Waals surface area contributed by atoms with Gasteiger partial charge < -0.3 is 14.2 Å². The molecule has 0 saturated heterocycles. The first-order chi connectivity index (χ1) is 16.1. The largest absolute Gasteiger partial charge is 0.493 e. The summed E-state index contributed by atoms with van der Waals surface area (Å²) in [7, 11) is -2.72. The molecule has 0 aliphatic carbocycles. The summed E-state index contributed by atoms with van der Waals surface area (Å²) >= 11 is 4.04. The molecule has 3 rings (SSSR count). The van der Waals surface area contributed by atoms with E-state index < -0.39 is 16.0 Å². The minimum absolute atomic E-state index is 0.0129. The number of hydrogen-bond acceptors (Lipinski definition) is 6. The summed E-state index contributed by atoms with van der Waals surface area (Å²) in [5.41, 5.74) is 1.82. The molecule has 0 saturated carbocycles. The fraction of sp³-hybridized carbons (Fsp3) is 0.0833. The Hall–Kier alpha value is -2.63. The third kappa shape index (κ3) is 6.49. The summed E-state index contributed by atoms with van der Waals surface area (Å²) in [6, 6.07) is 18.5. The molecule has 0 aliphatic rings. The summed E-state index contributed by atoms with van der Waals surface area (Å²) in [6.07, 6.45) is 1.40. The maximum Gasteiger partial charge on any atom is 0.339 e. The SMILES string of the molecule is COc1cc(/C=C(\C#N)C(=O)Nc2cccc(I)c2)cc(I)c1OS(=O)(=O)c1ccc(C)cc1. The molecule has 0 unspecified atom stereocenters. The van der Waals surface area contributed by atoms with Crippen LogP contribution in [0.5, 0.6) is 11.5 Å². The van der Waals surface area contributed by atoms with E-state index in [0.29, 0.717) is 14.8 Å². The van der Waals surface area contributed by atoms with Crippen LogP contribution >= 0.6 is 45.2 Å². The highest BCUT2D eigenvalue weighted by atomic mass is 127. The number of ether oxygens (including phenoxy) is 1. The van der Waals surface area contributed by atoms with E-state index in [1.807, 2.05) is 41.7 Å². The number of nitrogens with zero attached hydrogens (tertiary/aromatic N) is 1. The monoisotopic (exact) mass is 700 g/mol. The van der Waals surface area contributed by atoms with Gasteiger partial charge in [-0.2, -0.15) is 13.7 Å². The zero-order valence-corrected chi connectivity index (χ0v) is 23.1. The van der Waals surface area contributed by atoms with Crippen molar-refractivity contribution < 1.29 is 22.1 Å². The van der Waals surface area contributed by atoms with Crippen LogP contribution in [-0.2, 0) is 14.9 Å². The van der Waals surface area contributed by atoms with E-state index in [-0.39, 0.29) is 22.0 Å². The molecule has 0 radical (unpaired) electrons. The second kappa shape index (κ2) is 11.2. The van der Waals surface area contributed by atoms with Crippen LogP contribution in [0.1, 0.15) is 11.1 Å². The van der Waals surface area contributed by atoms with Crippen LogP contribution in [0.3, 0.4) is 0 Å². The molecule has 0 heterocycles. The predicted molar refractivity (Wildman–Crippen MR) is 146 cm³/mol. The van der Waals surface area contributed by atoms with Crippen LogP contribution < -0.4 is 14.2 Å². The van der Waals surface area contributed by atoms with Gasteiger partial charge in [0.1, 0.15) is 16.5 Å². The Bertz CT molecular complexity index is 1410. The molecular formula is C24H18I2N2O5S. The van der Waals surface area contributed by atoms with Crippen molar-refractivity contribution in [1.29, 1.82) is 5.26 Å². The number of methoxy groups -OCH3 is 1. The number of nitriles is 1. The molecule has 0 spiro atoms. The predicted octanol–water partition coefficient (Wildman–Crippen LogP) is 5.53. The van der Waals surface area contributed by atoms with Crippen molar-refractivity contribution in [2.75, 3.05) is 12.4 Å². The number of carbonyl (C=O) groups is 1. The lowest BCUT2D eigenvalue weighted by Gasteiger charge is -2.14. The average Bonchev–Trinajstić information content (AvgIpc) is 2.79. The van der Waals surface area contributed by atoms with Crippen molar-refractivity contribution >= 4 is 73.0 Å². The Morgan fingerprint density at radius 2 is 1.79 bits per heavy atom. The highest BCUT2D eigenvalue weighted by Crippen LogP contribution is 2.36. The van der Waals surface area contributed by atoms with Gasteiger partial charge >= 0.3 is 10.1 Å². The number of amides is 1. The Balaban J connectivity index is 1.91. The Morgan fingerprint density at radius 3 is 2.41 bits per heavy atom. The fourth-order valence-corrected chi connectivity index (χ4v) is 5.23. The minimum Gasteiger partial charge on any atom is -0.493 e. The number of rotatable bonds is 7. The molecule has 0 bridgehead atoms. The van der Waals surface area contributed by atoms with Crippen LogP contribution in [0.4, 0.5) is 5.69 Å². The summed E-state index contributed by atoms with van der Waals surface area (Å²) in [4.78, 5) is 12.6. The maximum absolute atomic E-state index is 12.7. The third-order valence-corrected chi connectivity index (χ3v) is 7.22. The number of aryl methyl sites for hydroxylation is 1. The molecule has 0 aromatic heterocycles. The molecule has 7 nitrogen and oxygen atoms in total. The van der Waals surface area contributed by atoms with Gasteiger partial charge in [0, 0.05) is 9.26 Å². The fourth-order valence-electron chi connectivity index (χ4n) is 2.85. The number of halogens is 2. The Labute approximate surface area is 225 Å². The normalized spacial score (nSPS) is 11.4. The number of hydrogen-bond donors (Lipinski definition) is 1. The van der Waals surface area contributed by atoms with E-state index in [9.17, 15) is 18.5 Å². The molecule has 0 fully saturated rings. The van der Waals surface area contributed by atoms with Gasteiger partial charge in [-0.1, -0.05) is 23.8 Å². The molecular weight excluding hydrogens is 682 g/mol. The molecule has 174 valence electrons. The Morgan fingerprint density at radius 1 is 1.09 bits per heavy atom. The van der Waals surface area contributed by atoms with Crippen LogP contribution in [-0.4, -0.2) is 21.4 Å². The molecule has 3 aromatic carbocycles. The number of carbonyl (C=O) groups excluding carboxylic acids is 1. The molecule has 0 atom stereocenters. The molecule has 1 amide bonds. The van der Waals surface area contributed by atoms with Crippen LogP contribution in [0.15, 0.2) is 71.1 Å². The van der Waals surface area contributed by atoms with Gasteiger partial charge in [-0.15, -0.1) is 0 Å². The van der Waals surface area contributed by atoms with Crippen molar-refractivity contribution in [2.24, 2.45) is 0 Å². The summed E-state index contributed by atoms with van der Waals surface area (Å²) in [5, 5.41) is 12.2. The second-order valence-corrected chi connectivity index (χ2v) is 11.0. The summed E-state index contributed by atoms with van der Waals surface area (Å²) < 4.78 is 37.6. The van der Waals surface area contributed by atoms with E-state index in [1.54, 1.807) is 36.4 Å². The zero-order valence-electron chi connectivity index (χ0n) is 18.0. The molecule has 34 heavy (non-hydrogen) atoms. The number of anilines is 1. The van der Waals surface area contributed by atoms with E-state index in [0.717, 1.165) is 9.13 Å². The van der Waals surface area contributed by atoms with Crippen molar-refractivity contribution in [3.8, 4) is 17.6 Å². The van der Waals surface area contributed by atoms with Crippen molar-refractivity contribution in [3.63, 3.8) is 0 Å². The van der Waals surface area contributed by atoms with Crippen LogP contribution in [0.25, 0.3) is 6.08 Å². The lowest BCUT2D eigenvalue weighted by Crippen LogP contribution is -2.13. The minimum atomic E-state index is -4.09. The lowest BCUT2D eigenvalue weighted by molar-refractivity contribution is -0.112. The van der Waals surface area contributed by atoms with Gasteiger partial charge in [0.25, 0.3) is 5.91 Å². The van der Waals surface area contributed by atoms with Crippen molar-refractivity contribution in [3.05, 3.63) is 84.5 Å². The first-order valence-corrected chi connectivity index (χ1v) is 13.3. The van der Waals surface area contributed by atoms with Gasteiger partial charge in [-0.05, 0) is 106 Å². The average molecular weight is 700 g/mol. The van der Waals surface area contributed by atoms with Crippen LogP contribution in [0, 0.1) is 25.4 Å². The summed E-state index contributed by atoms with van der Waals surface area (Å²) in [5.74, 6) is -0.410. The smallest absolute Gasteiger partial charge is 0.339 e. The van der Waals surface area contributed by atoms with Crippen molar-refractivity contribution in [1.82, 2.24) is 0 Å². The first-order valence-electron chi connectivity index (χ1n) is 9.70. The van der Waals surface area contributed by atoms with Gasteiger partial charge in [-0.3, -0.25) is 4.79 Å². The van der Waals surface area contributed by atoms with E-state index in [1.165, 1.54) is 31.4 Å². The van der Waals surface area contributed by atoms with E-state index >= 15 is 0 Å². The highest BCUT2D eigenvalue weighted by molar-refractivity contribution is 14.1. The maximum atomic E-state index is 12.7. The molecule has 10 heteroatoms. The van der Waals surface area contributed by atoms with Crippen LogP contribution in [0.2, 0.25) is 0 Å². The first kappa shape index (κ1) is 26.0. The van der Waals surface area contributed by atoms with Crippen molar-refractivity contribution in [2.45, 2.75) is 11.8 Å². The van der Waals surface area contributed by atoms with Gasteiger partial charge in [0.2, 0.25) is 0 Å². The molecule has 0 aliphatic heterocycles. The second-order valence-electron chi connectivity index (χ2n) is 7.02. The topological polar surface area (TPSA) is 105 Å². The summed E-state index contributed by atoms with van der Waals surface area (Å²) in [6.45, 7) is 1.85.